The molecule has 4 rings (SSSR count). The molecule has 0 fully saturated rings. The van der Waals surface area contributed by atoms with E-state index in [-0.39, 0.29) is 18.1 Å². The van der Waals surface area contributed by atoms with E-state index in [1.54, 1.807) is 12.1 Å². The molecule has 134 valence electrons. The highest BCUT2D eigenvalue weighted by molar-refractivity contribution is 6.09. The van der Waals surface area contributed by atoms with Crippen molar-refractivity contribution < 1.29 is 9.59 Å². The van der Waals surface area contributed by atoms with Gasteiger partial charge < -0.3 is 4.90 Å². The Kier molecular flexibility index (Phi) is 4.59. The Balaban J connectivity index is 1.65. The van der Waals surface area contributed by atoms with Gasteiger partial charge in [-0.15, -0.1) is 0 Å². The van der Waals surface area contributed by atoms with Crippen molar-refractivity contribution in [2.75, 3.05) is 4.90 Å². The number of nitrogens with zero attached hydrogens (tertiary/aromatic N) is 1. The molecule has 0 bridgehead atoms. The van der Waals surface area contributed by atoms with Crippen molar-refractivity contribution in [1.82, 2.24) is 0 Å². The molecule has 0 radical (unpaired) electrons. The van der Waals surface area contributed by atoms with Crippen LogP contribution >= 0.6 is 0 Å². The fraction of sp³-hybridized carbons (Fsp3) is 0.167. The molecular weight excluding hydrogens is 334 g/mol. The van der Waals surface area contributed by atoms with Gasteiger partial charge in [0.1, 0.15) is 0 Å². The molecule has 1 atom stereocenters. The van der Waals surface area contributed by atoms with Crippen molar-refractivity contribution in [2.45, 2.75) is 25.8 Å². The zero-order valence-electron chi connectivity index (χ0n) is 15.3. The van der Waals surface area contributed by atoms with E-state index in [4.69, 9.17) is 0 Å². The predicted molar refractivity (Wildman–Crippen MR) is 107 cm³/mol. The van der Waals surface area contributed by atoms with E-state index in [2.05, 4.69) is 0 Å². The molecule has 1 unspecified atom stereocenters. The fourth-order valence-electron chi connectivity index (χ4n) is 3.69. The number of fused-ring (bicyclic) bond motifs is 1. The van der Waals surface area contributed by atoms with Crippen molar-refractivity contribution in [3.63, 3.8) is 0 Å². The monoisotopic (exact) mass is 355 g/mol. The Morgan fingerprint density at radius 3 is 2.30 bits per heavy atom. The minimum atomic E-state index is -0.420. The molecule has 3 nitrogen and oxygen atoms in total. The Hall–Kier alpha value is -3.20. The highest BCUT2D eigenvalue weighted by Crippen LogP contribution is 2.41. The number of carbonyl (C=O) groups is 2. The number of ketones is 1. The van der Waals surface area contributed by atoms with Crippen LogP contribution in [0.2, 0.25) is 0 Å². The van der Waals surface area contributed by atoms with Gasteiger partial charge in [-0.1, -0.05) is 78.4 Å². The molecule has 3 heteroatoms. The number of carbonyl (C=O) groups excluding carboxylic acids is 2. The van der Waals surface area contributed by atoms with E-state index in [1.807, 2.05) is 78.6 Å². The van der Waals surface area contributed by atoms with Gasteiger partial charge in [-0.2, -0.15) is 0 Å². The van der Waals surface area contributed by atoms with E-state index in [1.165, 1.54) is 0 Å². The Morgan fingerprint density at radius 2 is 1.59 bits per heavy atom. The first-order chi connectivity index (χ1) is 13.1. The van der Waals surface area contributed by atoms with Gasteiger partial charge in [0.25, 0.3) is 0 Å². The molecule has 0 aromatic heterocycles. The Bertz CT molecular complexity index is 980. The van der Waals surface area contributed by atoms with Crippen LogP contribution in [0.1, 0.15) is 39.4 Å². The quantitative estimate of drug-likeness (QED) is 0.611. The van der Waals surface area contributed by atoms with Crippen LogP contribution in [0, 0.1) is 6.92 Å². The number of aryl methyl sites for hydroxylation is 1. The van der Waals surface area contributed by atoms with Gasteiger partial charge in [-0.05, 0) is 24.1 Å². The van der Waals surface area contributed by atoms with Gasteiger partial charge in [0, 0.05) is 17.7 Å². The normalized spacial score (nSPS) is 15.7. The summed E-state index contributed by atoms with van der Waals surface area (Å²) in [4.78, 5) is 27.8. The molecule has 0 saturated carbocycles. The lowest BCUT2D eigenvalue weighted by atomic mass is 9.92. The van der Waals surface area contributed by atoms with E-state index >= 15 is 0 Å². The van der Waals surface area contributed by atoms with Gasteiger partial charge in [-0.25, -0.2) is 0 Å². The maximum absolute atomic E-state index is 13.2. The number of rotatable bonds is 5. The van der Waals surface area contributed by atoms with Crippen LogP contribution in [-0.2, 0) is 11.3 Å². The third-order valence-corrected chi connectivity index (χ3v) is 5.08. The van der Waals surface area contributed by atoms with Crippen LogP contribution in [0.4, 0.5) is 5.69 Å². The lowest BCUT2D eigenvalue weighted by Gasteiger charge is -2.18. The molecule has 27 heavy (non-hydrogen) atoms. The predicted octanol–water partition coefficient (Wildman–Crippen LogP) is 4.90. The summed E-state index contributed by atoms with van der Waals surface area (Å²) in [5.41, 5.74) is 4.70. The van der Waals surface area contributed by atoms with Crippen LogP contribution in [0.25, 0.3) is 0 Å². The van der Waals surface area contributed by atoms with Crippen LogP contribution < -0.4 is 4.90 Å². The fourth-order valence-corrected chi connectivity index (χ4v) is 3.69. The second-order valence-corrected chi connectivity index (χ2v) is 7.02. The Labute approximate surface area is 159 Å². The molecule has 1 aliphatic heterocycles. The van der Waals surface area contributed by atoms with Crippen LogP contribution in [0.5, 0.6) is 0 Å². The molecule has 0 saturated heterocycles. The first kappa shape index (κ1) is 17.2. The summed E-state index contributed by atoms with van der Waals surface area (Å²) in [5, 5.41) is 0. The number of hydrogen-bond acceptors (Lipinski definition) is 2. The SMILES string of the molecule is Cc1ccc2c(c1)C(CC(=O)c1ccccc1)C(=O)N2Cc1ccccc1. The molecule has 3 aromatic carbocycles. The molecule has 0 aliphatic carbocycles. The van der Waals surface area contributed by atoms with Gasteiger partial charge in [0.05, 0.1) is 12.5 Å². The summed E-state index contributed by atoms with van der Waals surface area (Å²) in [6, 6.07) is 25.2. The number of hydrogen-bond donors (Lipinski definition) is 0. The second kappa shape index (κ2) is 7.20. The van der Waals surface area contributed by atoms with Crippen molar-refractivity contribution in [2.24, 2.45) is 0 Å². The third-order valence-electron chi connectivity index (χ3n) is 5.08. The maximum atomic E-state index is 13.2. The van der Waals surface area contributed by atoms with Gasteiger partial charge in [0.15, 0.2) is 5.78 Å². The summed E-state index contributed by atoms with van der Waals surface area (Å²) >= 11 is 0. The third kappa shape index (κ3) is 3.41. The molecule has 1 aliphatic rings. The van der Waals surface area contributed by atoms with Crippen molar-refractivity contribution in [3.8, 4) is 0 Å². The second-order valence-electron chi connectivity index (χ2n) is 7.02. The Morgan fingerprint density at radius 1 is 0.926 bits per heavy atom. The molecular formula is C24H21NO2. The standard InChI is InChI=1S/C24H21NO2/c1-17-12-13-22-20(14-17)21(15-23(26)19-10-6-3-7-11-19)24(27)25(22)16-18-8-4-2-5-9-18/h2-14,21H,15-16H2,1H3. The number of amides is 1. The van der Waals surface area contributed by atoms with Gasteiger partial charge in [-0.3, -0.25) is 9.59 Å². The first-order valence-corrected chi connectivity index (χ1v) is 9.17. The van der Waals surface area contributed by atoms with Crippen molar-refractivity contribution in [3.05, 3.63) is 101 Å². The number of anilines is 1. The number of Topliss-reactive ketones (excluding diaryl/α,β-unsaturated/α-hetero) is 1. The highest BCUT2D eigenvalue weighted by Gasteiger charge is 2.38. The molecule has 3 aromatic rings. The average Bonchev–Trinajstić information content (AvgIpc) is 2.94. The maximum Gasteiger partial charge on any atom is 0.235 e. The van der Waals surface area contributed by atoms with E-state index in [0.717, 1.165) is 22.4 Å². The summed E-state index contributed by atoms with van der Waals surface area (Å²) < 4.78 is 0. The van der Waals surface area contributed by atoms with Gasteiger partial charge in [0.2, 0.25) is 5.91 Å². The molecule has 0 N–H and O–H groups in total. The summed E-state index contributed by atoms with van der Waals surface area (Å²) in [7, 11) is 0. The lowest BCUT2D eigenvalue weighted by Crippen LogP contribution is -2.29. The molecule has 0 spiro atoms. The lowest BCUT2D eigenvalue weighted by molar-refractivity contribution is -0.119. The zero-order chi connectivity index (χ0) is 18.8. The van der Waals surface area contributed by atoms with Crippen molar-refractivity contribution in [1.29, 1.82) is 0 Å². The van der Waals surface area contributed by atoms with Gasteiger partial charge >= 0.3 is 0 Å². The van der Waals surface area contributed by atoms with Crippen molar-refractivity contribution >= 4 is 17.4 Å². The minimum Gasteiger partial charge on any atom is -0.307 e. The van der Waals surface area contributed by atoms with E-state index in [0.29, 0.717) is 12.1 Å². The van der Waals surface area contributed by atoms with Crippen LogP contribution in [0.15, 0.2) is 78.9 Å². The highest BCUT2D eigenvalue weighted by atomic mass is 16.2. The number of benzene rings is 3. The van der Waals surface area contributed by atoms with E-state index in [9.17, 15) is 9.59 Å². The first-order valence-electron chi connectivity index (χ1n) is 9.17. The smallest absolute Gasteiger partial charge is 0.235 e. The average molecular weight is 355 g/mol. The molecule has 1 heterocycles. The summed E-state index contributed by atoms with van der Waals surface area (Å²) in [6.45, 7) is 2.53. The van der Waals surface area contributed by atoms with Crippen LogP contribution in [-0.4, -0.2) is 11.7 Å². The van der Waals surface area contributed by atoms with Crippen LogP contribution in [0.3, 0.4) is 0 Å². The largest absolute Gasteiger partial charge is 0.307 e. The van der Waals surface area contributed by atoms with E-state index < -0.39 is 5.92 Å². The minimum absolute atomic E-state index is 0.00275. The summed E-state index contributed by atoms with van der Waals surface area (Å²) in [6.07, 6.45) is 0.199. The summed E-state index contributed by atoms with van der Waals surface area (Å²) in [5.74, 6) is -0.414. The topological polar surface area (TPSA) is 37.4 Å². The zero-order valence-corrected chi connectivity index (χ0v) is 15.3. The molecule has 1 amide bonds.